The number of nitrogens with zero attached hydrogens (tertiary/aromatic N) is 6. The number of piperidine rings is 1. The summed E-state index contributed by atoms with van der Waals surface area (Å²) in [5.74, 6) is 0.665. The lowest BCUT2D eigenvalue weighted by Crippen LogP contribution is -2.44. The molecular weight excluding hydrogens is 456 g/mol. The van der Waals surface area contributed by atoms with E-state index in [0.29, 0.717) is 41.6 Å². The minimum absolute atomic E-state index is 0.0278. The van der Waals surface area contributed by atoms with Gasteiger partial charge in [0.25, 0.3) is 5.56 Å². The summed E-state index contributed by atoms with van der Waals surface area (Å²) in [6.45, 7) is 5.98. The third-order valence-corrected chi connectivity index (χ3v) is 6.87. The highest BCUT2D eigenvalue weighted by Gasteiger charge is 2.26. The number of anilines is 2. The van der Waals surface area contributed by atoms with Crippen molar-refractivity contribution in [3.8, 4) is 0 Å². The molecule has 10 nitrogen and oxygen atoms in total. The third-order valence-electron chi connectivity index (χ3n) is 6.87. The fraction of sp³-hybridized carbons (Fsp3) is 0.385. The zero-order chi connectivity index (χ0) is 25.6. The summed E-state index contributed by atoms with van der Waals surface area (Å²) in [5.41, 5.74) is 14.7. The number of allylic oxidation sites excluding steroid dienone is 2. The van der Waals surface area contributed by atoms with Crippen molar-refractivity contribution >= 4 is 33.6 Å². The number of nitrogen functional groups attached to an aromatic ring is 1. The number of fused-ring (bicyclic) bond motifs is 2. The van der Waals surface area contributed by atoms with Gasteiger partial charge in [-0.1, -0.05) is 23.8 Å². The summed E-state index contributed by atoms with van der Waals surface area (Å²) in [7, 11) is 1.65. The summed E-state index contributed by atoms with van der Waals surface area (Å²) in [6.07, 6.45) is 5.61. The Bertz CT molecular complexity index is 1610. The molecule has 5 rings (SSSR count). The Hall–Kier alpha value is -3.92. The number of rotatable bonds is 5. The lowest BCUT2D eigenvalue weighted by molar-refractivity contribution is 0.495. The van der Waals surface area contributed by atoms with Crippen LogP contribution in [0.5, 0.6) is 0 Å². The molecule has 3 aromatic heterocycles. The molecule has 1 saturated heterocycles. The molecule has 0 aliphatic carbocycles. The number of benzene rings is 1. The molecule has 4 aromatic rings. The predicted molar refractivity (Wildman–Crippen MR) is 143 cm³/mol. The van der Waals surface area contributed by atoms with Crippen LogP contribution < -0.4 is 27.6 Å². The van der Waals surface area contributed by atoms with Crippen LogP contribution in [0.3, 0.4) is 0 Å². The van der Waals surface area contributed by atoms with Gasteiger partial charge in [0.1, 0.15) is 0 Å². The van der Waals surface area contributed by atoms with Gasteiger partial charge in [0, 0.05) is 55.4 Å². The van der Waals surface area contributed by atoms with Crippen molar-refractivity contribution in [3.63, 3.8) is 0 Å². The van der Waals surface area contributed by atoms with Gasteiger partial charge in [0.2, 0.25) is 5.95 Å². The Morgan fingerprint density at radius 1 is 1.17 bits per heavy atom. The van der Waals surface area contributed by atoms with E-state index in [2.05, 4.69) is 16.0 Å². The highest BCUT2D eigenvalue weighted by molar-refractivity contribution is 5.94. The van der Waals surface area contributed by atoms with Crippen molar-refractivity contribution in [1.29, 1.82) is 0 Å². The smallest absolute Gasteiger partial charge is 0.332 e. The molecular formula is C26H32N8O2. The maximum absolute atomic E-state index is 13.9. The van der Waals surface area contributed by atoms with E-state index in [9.17, 15) is 9.59 Å². The Labute approximate surface area is 208 Å². The van der Waals surface area contributed by atoms with Crippen LogP contribution in [0, 0.1) is 0 Å². The number of imidazole rings is 1. The van der Waals surface area contributed by atoms with Gasteiger partial charge in [-0.15, -0.1) is 0 Å². The normalized spacial score (nSPS) is 16.1. The number of nitrogens with two attached hydrogens (primary N) is 2. The van der Waals surface area contributed by atoms with Crippen molar-refractivity contribution < 1.29 is 0 Å². The SMILES string of the molecule is CC(C)=CCn1c(N2CCCC(N)C2)nc2c1c(=O)n(Cc1nccc3c(N)cccc13)c(=O)n2C. The van der Waals surface area contributed by atoms with Crippen LogP contribution in [-0.2, 0) is 20.1 Å². The molecule has 1 atom stereocenters. The molecule has 188 valence electrons. The molecule has 4 N–H and O–H groups in total. The van der Waals surface area contributed by atoms with Crippen molar-refractivity contribution in [2.75, 3.05) is 23.7 Å². The Balaban J connectivity index is 1.72. The van der Waals surface area contributed by atoms with Crippen LogP contribution in [0.1, 0.15) is 32.4 Å². The zero-order valence-electron chi connectivity index (χ0n) is 20.9. The number of hydrogen-bond acceptors (Lipinski definition) is 7. The Kier molecular flexibility index (Phi) is 6.13. The number of aromatic nitrogens is 5. The first-order valence-electron chi connectivity index (χ1n) is 12.2. The Morgan fingerprint density at radius 2 is 1.97 bits per heavy atom. The lowest BCUT2D eigenvalue weighted by atomic mass is 10.1. The minimum atomic E-state index is -0.441. The maximum Gasteiger partial charge on any atom is 0.332 e. The molecule has 10 heteroatoms. The lowest BCUT2D eigenvalue weighted by Gasteiger charge is -2.31. The van der Waals surface area contributed by atoms with Crippen LogP contribution in [-0.4, -0.2) is 42.8 Å². The highest BCUT2D eigenvalue weighted by atomic mass is 16.2. The van der Waals surface area contributed by atoms with Gasteiger partial charge in [-0.25, -0.2) is 4.79 Å². The van der Waals surface area contributed by atoms with Crippen LogP contribution in [0.4, 0.5) is 11.6 Å². The molecule has 0 radical (unpaired) electrons. The summed E-state index contributed by atoms with van der Waals surface area (Å²) in [4.78, 5) is 38.7. The number of pyridine rings is 1. The molecule has 0 saturated carbocycles. The van der Waals surface area contributed by atoms with E-state index in [1.54, 1.807) is 13.2 Å². The van der Waals surface area contributed by atoms with E-state index in [-0.39, 0.29) is 12.6 Å². The average Bonchev–Trinajstić information content (AvgIpc) is 3.24. The van der Waals surface area contributed by atoms with Crippen molar-refractivity contribution in [1.82, 2.24) is 23.7 Å². The van der Waals surface area contributed by atoms with Gasteiger partial charge < -0.3 is 20.9 Å². The van der Waals surface area contributed by atoms with Crippen molar-refractivity contribution in [2.24, 2.45) is 12.8 Å². The van der Waals surface area contributed by atoms with Gasteiger partial charge in [0.05, 0.1) is 12.2 Å². The van der Waals surface area contributed by atoms with E-state index < -0.39 is 11.2 Å². The summed E-state index contributed by atoms with van der Waals surface area (Å²) < 4.78 is 4.59. The van der Waals surface area contributed by atoms with Crippen LogP contribution in [0.15, 0.2) is 51.7 Å². The first-order chi connectivity index (χ1) is 17.3. The average molecular weight is 489 g/mol. The number of hydrogen-bond donors (Lipinski definition) is 2. The molecule has 1 aliphatic rings. The monoisotopic (exact) mass is 488 g/mol. The first-order valence-corrected chi connectivity index (χ1v) is 12.2. The standard InChI is InChI=1S/C26H32N8O2/c1-16(2)10-13-33-22-23(30-25(33)32-12-5-6-17(27)14-32)31(3)26(36)34(24(22)35)15-21-19-7-4-8-20(28)18(19)9-11-29-21/h4,7-11,17H,5-6,12-15,27-28H2,1-3H3. The third kappa shape index (κ3) is 4.07. The molecule has 0 bridgehead atoms. The molecule has 1 unspecified atom stereocenters. The van der Waals surface area contributed by atoms with E-state index in [4.69, 9.17) is 16.5 Å². The van der Waals surface area contributed by atoms with Crippen LogP contribution in [0.2, 0.25) is 0 Å². The van der Waals surface area contributed by atoms with Gasteiger partial charge in [-0.3, -0.25) is 18.9 Å². The highest BCUT2D eigenvalue weighted by Crippen LogP contribution is 2.25. The van der Waals surface area contributed by atoms with Crippen LogP contribution in [0.25, 0.3) is 21.9 Å². The minimum Gasteiger partial charge on any atom is -0.398 e. The predicted octanol–water partition coefficient (Wildman–Crippen LogP) is 1.97. The Morgan fingerprint density at radius 3 is 2.72 bits per heavy atom. The summed E-state index contributed by atoms with van der Waals surface area (Å²) in [6, 6.07) is 7.44. The maximum atomic E-state index is 13.9. The molecule has 0 spiro atoms. The quantitative estimate of drug-likeness (QED) is 0.324. The second-order valence-corrected chi connectivity index (χ2v) is 9.76. The molecule has 4 heterocycles. The fourth-order valence-corrected chi connectivity index (χ4v) is 4.95. The fourth-order valence-electron chi connectivity index (χ4n) is 4.95. The molecule has 36 heavy (non-hydrogen) atoms. The summed E-state index contributed by atoms with van der Waals surface area (Å²) in [5, 5.41) is 1.65. The number of aryl methyl sites for hydroxylation is 1. The second kappa shape index (κ2) is 9.27. The van der Waals surface area contributed by atoms with Crippen molar-refractivity contribution in [2.45, 2.75) is 45.8 Å². The van der Waals surface area contributed by atoms with Gasteiger partial charge >= 0.3 is 5.69 Å². The molecule has 1 aromatic carbocycles. The molecule has 1 fully saturated rings. The van der Waals surface area contributed by atoms with E-state index in [1.165, 1.54) is 9.13 Å². The van der Waals surface area contributed by atoms with E-state index >= 15 is 0 Å². The topological polar surface area (TPSA) is 130 Å². The van der Waals surface area contributed by atoms with E-state index in [1.807, 2.05) is 42.7 Å². The zero-order valence-corrected chi connectivity index (χ0v) is 20.9. The van der Waals surface area contributed by atoms with Gasteiger partial charge in [-0.05, 0) is 38.8 Å². The molecule has 0 amide bonds. The van der Waals surface area contributed by atoms with Gasteiger partial charge in [0.15, 0.2) is 11.2 Å². The second-order valence-electron chi connectivity index (χ2n) is 9.76. The molecule has 1 aliphatic heterocycles. The largest absolute Gasteiger partial charge is 0.398 e. The van der Waals surface area contributed by atoms with Gasteiger partial charge in [-0.2, -0.15) is 4.98 Å². The summed E-state index contributed by atoms with van der Waals surface area (Å²) >= 11 is 0. The van der Waals surface area contributed by atoms with Crippen molar-refractivity contribution in [3.05, 3.63) is 68.6 Å². The van der Waals surface area contributed by atoms with E-state index in [0.717, 1.165) is 35.7 Å². The van der Waals surface area contributed by atoms with Crippen LogP contribution >= 0.6 is 0 Å². The first kappa shape index (κ1) is 23.8.